The van der Waals surface area contributed by atoms with Gasteiger partial charge in [-0.25, -0.2) is 0 Å². The Labute approximate surface area is 112 Å². The monoisotopic (exact) mass is 265 g/mol. The van der Waals surface area contributed by atoms with Crippen molar-refractivity contribution in [2.45, 2.75) is 18.9 Å². The minimum absolute atomic E-state index is 0.00331. The van der Waals surface area contributed by atoms with Gasteiger partial charge in [-0.1, -0.05) is 0 Å². The number of nitrogens with zero attached hydrogens (tertiary/aromatic N) is 2. The molecule has 0 amide bonds. The third-order valence-electron chi connectivity index (χ3n) is 3.47. The van der Waals surface area contributed by atoms with Gasteiger partial charge >= 0.3 is 5.69 Å². The summed E-state index contributed by atoms with van der Waals surface area (Å²) in [6.45, 7) is 2.14. The summed E-state index contributed by atoms with van der Waals surface area (Å²) < 4.78 is 5.06. The zero-order valence-corrected chi connectivity index (χ0v) is 11.3. The predicted molar refractivity (Wildman–Crippen MR) is 73.8 cm³/mol. The van der Waals surface area contributed by atoms with Crippen LogP contribution < -0.4 is 10.1 Å². The van der Waals surface area contributed by atoms with E-state index < -0.39 is 4.92 Å². The first-order valence-corrected chi connectivity index (χ1v) is 6.37. The molecule has 1 aromatic rings. The van der Waals surface area contributed by atoms with Crippen LogP contribution in [0.2, 0.25) is 0 Å². The molecular formula is C13H19N3O3. The number of piperidine rings is 1. The molecule has 0 bridgehead atoms. The molecule has 0 aliphatic carbocycles. The molecule has 19 heavy (non-hydrogen) atoms. The van der Waals surface area contributed by atoms with Crippen molar-refractivity contribution in [2.75, 3.05) is 32.6 Å². The number of anilines is 1. The smallest absolute Gasteiger partial charge is 0.311 e. The number of hydrogen-bond donors (Lipinski definition) is 1. The highest BCUT2D eigenvalue weighted by molar-refractivity contribution is 5.58. The summed E-state index contributed by atoms with van der Waals surface area (Å²) in [6, 6.07) is 5.33. The quantitative estimate of drug-likeness (QED) is 0.667. The van der Waals surface area contributed by atoms with E-state index in [1.54, 1.807) is 12.1 Å². The summed E-state index contributed by atoms with van der Waals surface area (Å²) in [4.78, 5) is 12.7. The van der Waals surface area contributed by atoms with E-state index in [2.05, 4.69) is 17.3 Å². The molecule has 2 rings (SSSR count). The zero-order chi connectivity index (χ0) is 13.8. The van der Waals surface area contributed by atoms with Crippen LogP contribution in [0.1, 0.15) is 12.8 Å². The molecule has 0 radical (unpaired) electrons. The second-order valence-corrected chi connectivity index (χ2v) is 4.87. The van der Waals surface area contributed by atoms with E-state index in [9.17, 15) is 10.1 Å². The van der Waals surface area contributed by atoms with Crippen LogP contribution in [0, 0.1) is 10.1 Å². The topological polar surface area (TPSA) is 67.6 Å². The lowest BCUT2D eigenvalue weighted by molar-refractivity contribution is -0.385. The molecule has 1 aliphatic rings. The molecule has 0 spiro atoms. The Balaban J connectivity index is 2.07. The number of nitro benzene ring substituents is 1. The maximum atomic E-state index is 10.8. The Morgan fingerprint density at radius 3 is 2.68 bits per heavy atom. The van der Waals surface area contributed by atoms with Gasteiger partial charge in [-0.15, -0.1) is 0 Å². The van der Waals surface area contributed by atoms with Gasteiger partial charge in [-0.2, -0.15) is 0 Å². The van der Waals surface area contributed by atoms with Crippen molar-refractivity contribution in [3.05, 3.63) is 28.3 Å². The minimum atomic E-state index is -0.432. The van der Waals surface area contributed by atoms with Crippen LogP contribution in [0.4, 0.5) is 11.4 Å². The number of nitro groups is 1. The summed E-state index contributed by atoms with van der Waals surface area (Å²) in [5, 5.41) is 14.2. The summed E-state index contributed by atoms with van der Waals surface area (Å²) >= 11 is 0. The Bertz CT molecular complexity index is 456. The third-order valence-corrected chi connectivity index (χ3v) is 3.47. The van der Waals surface area contributed by atoms with Crippen molar-refractivity contribution in [3.63, 3.8) is 0 Å². The van der Waals surface area contributed by atoms with Crippen LogP contribution in [0.25, 0.3) is 0 Å². The average molecular weight is 265 g/mol. The number of benzene rings is 1. The molecule has 6 heteroatoms. The Hall–Kier alpha value is -1.82. The Morgan fingerprint density at radius 2 is 2.11 bits per heavy atom. The second-order valence-electron chi connectivity index (χ2n) is 4.87. The second kappa shape index (κ2) is 5.88. The number of methoxy groups -OCH3 is 1. The summed E-state index contributed by atoms with van der Waals surface area (Å²) in [7, 11) is 3.56. The molecule has 1 N–H and O–H groups in total. The van der Waals surface area contributed by atoms with Gasteiger partial charge in [0, 0.05) is 23.9 Å². The van der Waals surface area contributed by atoms with Crippen LogP contribution >= 0.6 is 0 Å². The lowest BCUT2D eigenvalue weighted by atomic mass is 10.1. The highest BCUT2D eigenvalue weighted by Crippen LogP contribution is 2.30. The van der Waals surface area contributed by atoms with Gasteiger partial charge in [0.05, 0.1) is 12.0 Å². The van der Waals surface area contributed by atoms with Crippen molar-refractivity contribution in [1.29, 1.82) is 0 Å². The highest BCUT2D eigenvalue weighted by Gasteiger charge is 2.18. The lowest BCUT2D eigenvalue weighted by Crippen LogP contribution is -2.36. The normalized spacial score (nSPS) is 17.2. The third kappa shape index (κ3) is 3.35. The van der Waals surface area contributed by atoms with E-state index in [1.165, 1.54) is 13.2 Å². The van der Waals surface area contributed by atoms with Gasteiger partial charge in [0.2, 0.25) is 0 Å². The molecular weight excluding hydrogens is 246 g/mol. The molecule has 1 saturated heterocycles. The molecule has 6 nitrogen and oxygen atoms in total. The molecule has 0 saturated carbocycles. The van der Waals surface area contributed by atoms with Gasteiger partial charge < -0.3 is 15.0 Å². The van der Waals surface area contributed by atoms with Crippen molar-refractivity contribution >= 4 is 11.4 Å². The van der Waals surface area contributed by atoms with Crippen molar-refractivity contribution < 1.29 is 9.66 Å². The number of rotatable bonds is 4. The van der Waals surface area contributed by atoms with E-state index in [-0.39, 0.29) is 5.69 Å². The van der Waals surface area contributed by atoms with Crippen LogP contribution in [-0.4, -0.2) is 43.1 Å². The van der Waals surface area contributed by atoms with E-state index in [0.29, 0.717) is 11.8 Å². The maximum absolute atomic E-state index is 10.8. The summed E-state index contributed by atoms with van der Waals surface area (Å²) in [5.74, 6) is 0.294. The van der Waals surface area contributed by atoms with Gasteiger partial charge in [-0.05, 0) is 39.0 Å². The molecule has 0 unspecified atom stereocenters. The Morgan fingerprint density at radius 1 is 1.42 bits per heavy atom. The molecule has 0 atom stereocenters. The van der Waals surface area contributed by atoms with E-state index in [4.69, 9.17) is 4.74 Å². The molecule has 0 aromatic heterocycles. The zero-order valence-electron chi connectivity index (χ0n) is 11.3. The van der Waals surface area contributed by atoms with E-state index >= 15 is 0 Å². The molecule has 104 valence electrons. The first-order chi connectivity index (χ1) is 9.10. The molecule has 1 fully saturated rings. The predicted octanol–water partition coefficient (Wildman–Crippen LogP) is 2.11. The van der Waals surface area contributed by atoms with Gasteiger partial charge in [0.15, 0.2) is 5.75 Å². The van der Waals surface area contributed by atoms with Gasteiger partial charge in [-0.3, -0.25) is 10.1 Å². The van der Waals surface area contributed by atoms with Crippen molar-refractivity contribution in [2.24, 2.45) is 0 Å². The van der Waals surface area contributed by atoms with E-state index in [0.717, 1.165) is 31.6 Å². The van der Waals surface area contributed by atoms with E-state index in [1.807, 2.05) is 0 Å². The number of hydrogen-bond acceptors (Lipinski definition) is 5. The number of likely N-dealkylation sites (tertiary alicyclic amines) is 1. The van der Waals surface area contributed by atoms with Crippen LogP contribution in [0.15, 0.2) is 18.2 Å². The summed E-state index contributed by atoms with van der Waals surface area (Å²) in [5.41, 5.74) is 0.869. The largest absolute Gasteiger partial charge is 0.490 e. The van der Waals surface area contributed by atoms with Gasteiger partial charge in [0.1, 0.15) is 0 Å². The van der Waals surface area contributed by atoms with Crippen LogP contribution in [0.3, 0.4) is 0 Å². The maximum Gasteiger partial charge on any atom is 0.311 e. The minimum Gasteiger partial charge on any atom is -0.490 e. The van der Waals surface area contributed by atoms with Crippen molar-refractivity contribution in [3.8, 4) is 5.75 Å². The molecule has 1 aromatic carbocycles. The van der Waals surface area contributed by atoms with Crippen molar-refractivity contribution in [1.82, 2.24) is 4.90 Å². The number of ether oxygens (including phenoxy) is 1. The fourth-order valence-electron chi connectivity index (χ4n) is 2.31. The first kappa shape index (κ1) is 13.6. The fraction of sp³-hybridized carbons (Fsp3) is 0.538. The average Bonchev–Trinajstić information content (AvgIpc) is 2.41. The molecule has 1 aliphatic heterocycles. The lowest BCUT2D eigenvalue weighted by Gasteiger charge is -2.30. The van der Waals surface area contributed by atoms with Crippen LogP contribution in [0.5, 0.6) is 5.75 Å². The number of nitrogens with one attached hydrogen (secondary N) is 1. The van der Waals surface area contributed by atoms with Crippen LogP contribution in [-0.2, 0) is 0 Å². The highest BCUT2D eigenvalue weighted by atomic mass is 16.6. The standard InChI is InChI=1S/C13H19N3O3/c1-15-7-5-10(6-8-15)14-11-3-4-12(16(17)18)13(9-11)19-2/h3-4,9-10,14H,5-8H2,1-2H3. The Kier molecular flexibility index (Phi) is 4.21. The fourth-order valence-corrected chi connectivity index (χ4v) is 2.31. The SMILES string of the molecule is COc1cc(NC2CCN(C)CC2)ccc1[N+](=O)[O-]. The molecule has 1 heterocycles. The van der Waals surface area contributed by atoms with Gasteiger partial charge in [0.25, 0.3) is 0 Å². The summed E-state index contributed by atoms with van der Waals surface area (Å²) in [6.07, 6.45) is 2.16. The first-order valence-electron chi connectivity index (χ1n) is 6.37.